The lowest BCUT2D eigenvalue weighted by atomic mass is 10.2. The quantitative estimate of drug-likeness (QED) is 0.296. The first-order valence-electron chi connectivity index (χ1n) is 13.1. The van der Waals surface area contributed by atoms with E-state index in [9.17, 15) is 13.2 Å². The summed E-state index contributed by atoms with van der Waals surface area (Å²) in [7, 11) is -3.62. The van der Waals surface area contributed by atoms with Crippen molar-refractivity contribution in [1.29, 1.82) is 0 Å². The molecule has 1 aliphatic rings. The van der Waals surface area contributed by atoms with Crippen molar-refractivity contribution >= 4 is 54.2 Å². The van der Waals surface area contributed by atoms with Crippen LogP contribution in [0, 0.1) is 0 Å². The van der Waals surface area contributed by atoms with Gasteiger partial charge in [0.25, 0.3) is 5.91 Å². The molecule has 0 radical (unpaired) electrons. The molecule has 0 saturated carbocycles. The molecule has 1 aromatic heterocycles. The van der Waals surface area contributed by atoms with E-state index in [1.165, 1.54) is 27.8 Å². The number of hydrogen-bond donors (Lipinski definition) is 0. The van der Waals surface area contributed by atoms with Crippen molar-refractivity contribution in [3.63, 3.8) is 0 Å². The highest BCUT2D eigenvalue weighted by molar-refractivity contribution is 7.89. The maximum atomic E-state index is 13.7. The predicted molar refractivity (Wildman–Crippen MR) is 154 cm³/mol. The van der Waals surface area contributed by atoms with Gasteiger partial charge < -0.3 is 4.74 Å². The molecule has 38 heavy (non-hydrogen) atoms. The van der Waals surface area contributed by atoms with Gasteiger partial charge in [-0.3, -0.25) is 14.6 Å². The molecule has 1 aliphatic heterocycles. The van der Waals surface area contributed by atoms with Gasteiger partial charge in [0.05, 0.1) is 28.3 Å². The van der Waals surface area contributed by atoms with E-state index in [1.54, 1.807) is 23.1 Å². The van der Waals surface area contributed by atoms with Gasteiger partial charge in [0, 0.05) is 49.9 Å². The minimum Gasteiger partial charge on any atom is -0.379 e. The Morgan fingerprint density at radius 1 is 1.08 bits per heavy atom. The number of unbranched alkanes of at least 4 members (excludes halogenated alkanes) is 1. The van der Waals surface area contributed by atoms with Crippen molar-refractivity contribution in [2.75, 3.05) is 57.4 Å². The fourth-order valence-corrected chi connectivity index (χ4v) is 7.17. The summed E-state index contributed by atoms with van der Waals surface area (Å²) >= 11 is 7.60. The second kappa shape index (κ2) is 13.3. The summed E-state index contributed by atoms with van der Waals surface area (Å²) in [4.78, 5) is 22.7. The summed E-state index contributed by atoms with van der Waals surface area (Å²) in [5.41, 5.74) is 1.21. The van der Waals surface area contributed by atoms with E-state index in [-0.39, 0.29) is 10.8 Å². The number of thiazole rings is 1. The number of halogens is 1. The van der Waals surface area contributed by atoms with Gasteiger partial charge in [-0.05, 0) is 55.3 Å². The number of hydrogen-bond acceptors (Lipinski definition) is 7. The molecule has 2 heterocycles. The number of rotatable bonds is 12. The highest BCUT2D eigenvalue weighted by atomic mass is 35.5. The Morgan fingerprint density at radius 3 is 2.50 bits per heavy atom. The van der Waals surface area contributed by atoms with Crippen LogP contribution in [0.3, 0.4) is 0 Å². The van der Waals surface area contributed by atoms with Crippen LogP contribution in [0.15, 0.2) is 47.4 Å². The number of sulfonamides is 1. The lowest BCUT2D eigenvalue weighted by molar-refractivity contribution is 0.0376. The number of benzene rings is 2. The molecule has 1 fully saturated rings. The summed E-state index contributed by atoms with van der Waals surface area (Å²) in [6.07, 6.45) is 2.49. The number of anilines is 1. The van der Waals surface area contributed by atoms with E-state index in [1.807, 2.05) is 26.0 Å². The molecule has 8 nitrogen and oxygen atoms in total. The molecule has 0 bridgehead atoms. The first-order valence-corrected chi connectivity index (χ1v) is 15.7. The highest BCUT2D eigenvalue weighted by Crippen LogP contribution is 2.32. The van der Waals surface area contributed by atoms with Crippen molar-refractivity contribution in [2.45, 2.75) is 38.0 Å². The third-order valence-electron chi connectivity index (χ3n) is 6.63. The van der Waals surface area contributed by atoms with Crippen LogP contribution < -0.4 is 4.90 Å². The van der Waals surface area contributed by atoms with Crippen LogP contribution in [0.1, 0.15) is 43.5 Å². The van der Waals surface area contributed by atoms with Gasteiger partial charge in [-0.1, -0.05) is 43.2 Å². The zero-order valence-corrected chi connectivity index (χ0v) is 24.3. The molecular weight excluding hydrogens is 544 g/mol. The molecule has 1 saturated heterocycles. The van der Waals surface area contributed by atoms with Crippen LogP contribution >= 0.6 is 22.9 Å². The second-order valence-electron chi connectivity index (χ2n) is 9.25. The molecule has 0 aliphatic carbocycles. The Bertz CT molecular complexity index is 1320. The van der Waals surface area contributed by atoms with Crippen LogP contribution in [-0.4, -0.2) is 81.0 Å². The first-order chi connectivity index (χ1) is 18.3. The van der Waals surface area contributed by atoms with E-state index >= 15 is 0 Å². The number of morpholine rings is 1. The van der Waals surface area contributed by atoms with E-state index in [0.29, 0.717) is 35.4 Å². The Hall–Kier alpha value is -2.08. The molecule has 0 atom stereocenters. The van der Waals surface area contributed by atoms with Crippen LogP contribution in [-0.2, 0) is 14.8 Å². The fourth-order valence-electron chi connectivity index (χ4n) is 4.42. The molecular formula is C27H35ClN4O4S2. The van der Waals surface area contributed by atoms with E-state index in [4.69, 9.17) is 21.3 Å². The molecule has 0 spiro atoms. The average Bonchev–Trinajstić information content (AvgIpc) is 3.34. The Labute approximate surface area is 234 Å². The van der Waals surface area contributed by atoms with Crippen molar-refractivity contribution in [2.24, 2.45) is 0 Å². The van der Waals surface area contributed by atoms with E-state index < -0.39 is 10.0 Å². The Balaban J connectivity index is 1.56. The summed E-state index contributed by atoms with van der Waals surface area (Å²) in [5, 5.41) is 1.22. The lowest BCUT2D eigenvalue weighted by Crippen LogP contribution is -2.39. The topological polar surface area (TPSA) is 83.1 Å². The maximum absolute atomic E-state index is 13.7. The highest BCUT2D eigenvalue weighted by Gasteiger charge is 2.25. The van der Waals surface area contributed by atoms with Gasteiger partial charge in [-0.25, -0.2) is 13.4 Å². The largest absolute Gasteiger partial charge is 0.379 e. The van der Waals surface area contributed by atoms with Gasteiger partial charge in [0.2, 0.25) is 10.0 Å². The minimum absolute atomic E-state index is 0.195. The van der Waals surface area contributed by atoms with Crippen molar-refractivity contribution < 1.29 is 17.9 Å². The predicted octanol–water partition coefficient (Wildman–Crippen LogP) is 5.13. The Kier molecular flexibility index (Phi) is 10.1. The number of amides is 1. The zero-order chi connectivity index (χ0) is 27.1. The van der Waals surface area contributed by atoms with Gasteiger partial charge in [0.1, 0.15) is 0 Å². The molecule has 1 amide bonds. The fraction of sp³-hybridized carbons (Fsp3) is 0.481. The standard InChI is InChI=1S/C27H35ClN4O4S2/c1-3-5-14-31(4-2)38(34,35)23-10-7-21(8-11-23)26(33)32(15-6-13-30-16-18-36-19-17-30)27-29-24-12-9-22(28)20-25(24)37-27/h7-12,20H,3-6,13-19H2,1-2H3. The molecule has 3 aromatic rings. The molecule has 0 unspecified atom stereocenters. The summed E-state index contributed by atoms with van der Waals surface area (Å²) < 4.78 is 34.1. The summed E-state index contributed by atoms with van der Waals surface area (Å²) in [5.74, 6) is -0.209. The minimum atomic E-state index is -3.62. The summed E-state index contributed by atoms with van der Waals surface area (Å²) in [6, 6.07) is 11.8. The van der Waals surface area contributed by atoms with E-state index in [0.717, 1.165) is 62.3 Å². The van der Waals surface area contributed by atoms with Crippen LogP contribution in [0.2, 0.25) is 5.02 Å². The zero-order valence-electron chi connectivity index (χ0n) is 21.9. The Morgan fingerprint density at radius 2 is 1.82 bits per heavy atom. The molecule has 4 rings (SSSR count). The normalized spacial score (nSPS) is 14.8. The first kappa shape index (κ1) is 28.9. The number of carbonyl (C=O) groups excluding carboxylic acids is 1. The summed E-state index contributed by atoms with van der Waals surface area (Å²) in [6.45, 7) is 9.33. The van der Waals surface area contributed by atoms with Gasteiger partial charge in [-0.15, -0.1) is 0 Å². The smallest absolute Gasteiger partial charge is 0.260 e. The number of ether oxygens (including phenoxy) is 1. The molecule has 206 valence electrons. The maximum Gasteiger partial charge on any atom is 0.260 e. The van der Waals surface area contributed by atoms with Gasteiger partial charge in [-0.2, -0.15) is 4.31 Å². The number of carbonyl (C=O) groups is 1. The number of fused-ring (bicyclic) bond motifs is 1. The molecule has 2 aromatic carbocycles. The lowest BCUT2D eigenvalue weighted by Gasteiger charge is -2.27. The monoisotopic (exact) mass is 578 g/mol. The van der Waals surface area contributed by atoms with Crippen LogP contribution in [0.25, 0.3) is 10.2 Å². The van der Waals surface area contributed by atoms with E-state index in [2.05, 4.69) is 4.90 Å². The number of aromatic nitrogens is 1. The van der Waals surface area contributed by atoms with Crippen molar-refractivity contribution in [3.05, 3.63) is 53.1 Å². The second-order valence-corrected chi connectivity index (χ2v) is 12.6. The van der Waals surface area contributed by atoms with Gasteiger partial charge >= 0.3 is 0 Å². The van der Waals surface area contributed by atoms with Crippen molar-refractivity contribution in [3.8, 4) is 0 Å². The van der Waals surface area contributed by atoms with Gasteiger partial charge in [0.15, 0.2) is 5.13 Å². The van der Waals surface area contributed by atoms with Crippen LogP contribution in [0.5, 0.6) is 0 Å². The molecule has 11 heteroatoms. The average molecular weight is 579 g/mol. The third kappa shape index (κ3) is 6.91. The third-order valence-corrected chi connectivity index (χ3v) is 9.89. The SMILES string of the molecule is CCCCN(CC)S(=O)(=O)c1ccc(C(=O)N(CCCN2CCOCC2)c2nc3ccc(Cl)cc3s2)cc1. The molecule has 0 N–H and O–H groups in total. The van der Waals surface area contributed by atoms with Crippen LogP contribution in [0.4, 0.5) is 5.13 Å². The van der Waals surface area contributed by atoms with Crippen molar-refractivity contribution in [1.82, 2.24) is 14.2 Å². The number of nitrogens with zero attached hydrogens (tertiary/aromatic N) is 4.